The first-order chi connectivity index (χ1) is 5.86. The van der Waals surface area contributed by atoms with Crippen LogP contribution in [0.25, 0.3) is 0 Å². The molecule has 2 rings (SSSR count). The molecular formula is C11H22ClN. The Morgan fingerprint density at radius 2 is 1.62 bits per heavy atom. The van der Waals surface area contributed by atoms with Gasteiger partial charge in [-0.05, 0) is 38.5 Å². The summed E-state index contributed by atoms with van der Waals surface area (Å²) < 4.78 is 0. The van der Waals surface area contributed by atoms with Crippen LogP contribution in [0.5, 0.6) is 0 Å². The number of hydrogen-bond donors (Lipinski definition) is 1. The van der Waals surface area contributed by atoms with E-state index in [1.165, 1.54) is 44.9 Å². The maximum absolute atomic E-state index is 3.76. The zero-order valence-corrected chi connectivity index (χ0v) is 9.41. The van der Waals surface area contributed by atoms with E-state index in [0.29, 0.717) is 0 Å². The van der Waals surface area contributed by atoms with E-state index in [1.807, 2.05) is 0 Å². The molecule has 1 saturated heterocycles. The second kappa shape index (κ2) is 5.21. The molecule has 0 amide bonds. The molecule has 1 heterocycles. The SMILES string of the molecule is C[C@H]1CCC[C@H](C2CCCC2)N1.Cl. The molecule has 2 atom stereocenters. The van der Waals surface area contributed by atoms with E-state index in [0.717, 1.165) is 18.0 Å². The first-order valence-electron chi connectivity index (χ1n) is 5.62. The molecule has 0 radical (unpaired) electrons. The van der Waals surface area contributed by atoms with E-state index < -0.39 is 0 Å². The highest BCUT2D eigenvalue weighted by Crippen LogP contribution is 2.31. The van der Waals surface area contributed by atoms with Gasteiger partial charge < -0.3 is 5.32 Å². The Hall–Kier alpha value is 0.250. The van der Waals surface area contributed by atoms with Gasteiger partial charge in [0.05, 0.1) is 0 Å². The van der Waals surface area contributed by atoms with E-state index in [2.05, 4.69) is 12.2 Å². The topological polar surface area (TPSA) is 12.0 Å². The van der Waals surface area contributed by atoms with E-state index >= 15 is 0 Å². The second-order valence-electron chi connectivity index (χ2n) is 4.65. The highest BCUT2D eigenvalue weighted by atomic mass is 35.5. The fourth-order valence-electron chi connectivity index (χ4n) is 2.91. The summed E-state index contributed by atoms with van der Waals surface area (Å²) in [6.45, 7) is 2.33. The summed E-state index contributed by atoms with van der Waals surface area (Å²) in [6.07, 6.45) is 10.2. The van der Waals surface area contributed by atoms with Crippen LogP contribution in [-0.2, 0) is 0 Å². The summed E-state index contributed by atoms with van der Waals surface area (Å²) in [7, 11) is 0. The van der Waals surface area contributed by atoms with Crippen molar-refractivity contribution in [1.29, 1.82) is 0 Å². The van der Waals surface area contributed by atoms with Crippen molar-refractivity contribution in [3.8, 4) is 0 Å². The Kier molecular flexibility index (Phi) is 4.54. The van der Waals surface area contributed by atoms with Gasteiger partial charge in [-0.2, -0.15) is 0 Å². The molecule has 1 aliphatic carbocycles. The molecule has 13 heavy (non-hydrogen) atoms. The van der Waals surface area contributed by atoms with Gasteiger partial charge in [0.1, 0.15) is 0 Å². The normalized spacial score (nSPS) is 35.8. The fraction of sp³-hybridized carbons (Fsp3) is 1.00. The van der Waals surface area contributed by atoms with Crippen LogP contribution in [0.2, 0.25) is 0 Å². The molecule has 78 valence electrons. The second-order valence-corrected chi connectivity index (χ2v) is 4.65. The van der Waals surface area contributed by atoms with Gasteiger partial charge in [-0.15, -0.1) is 12.4 Å². The number of nitrogens with one attached hydrogen (secondary N) is 1. The van der Waals surface area contributed by atoms with Crippen molar-refractivity contribution in [2.24, 2.45) is 5.92 Å². The lowest BCUT2D eigenvalue weighted by Crippen LogP contribution is -2.44. The van der Waals surface area contributed by atoms with Gasteiger partial charge in [-0.1, -0.05) is 19.3 Å². The molecule has 0 aromatic carbocycles. The average molecular weight is 204 g/mol. The van der Waals surface area contributed by atoms with Crippen LogP contribution in [0.4, 0.5) is 0 Å². The Balaban J connectivity index is 0.000000845. The first kappa shape index (κ1) is 11.3. The molecular weight excluding hydrogens is 182 g/mol. The average Bonchev–Trinajstić information content (AvgIpc) is 2.56. The molecule has 0 unspecified atom stereocenters. The molecule has 1 nitrogen and oxygen atoms in total. The quantitative estimate of drug-likeness (QED) is 0.691. The minimum Gasteiger partial charge on any atom is -0.311 e. The Bertz CT molecular complexity index is 143. The number of hydrogen-bond acceptors (Lipinski definition) is 1. The lowest BCUT2D eigenvalue weighted by atomic mass is 9.89. The molecule has 1 N–H and O–H groups in total. The number of rotatable bonds is 1. The molecule has 0 aromatic rings. The maximum Gasteiger partial charge on any atom is 0.00978 e. The van der Waals surface area contributed by atoms with Crippen molar-refractivity contribution in [1.82, 2.24) is 5.32 Å². The Labute approximate surface area is 88.1 Å². The highest BCUT2D eigenvalue weighted by Gasteiger charge is 2.27. The fourth-order valence-corrected chi connectivity index (χ4v) is 2.91. The summed E-state index contributed by atoms with van der Waals surface area (Å²) in [5.74, 6) is 1.02. The van der Waals surface area contributed by atoms with Crippen LogP contribution < -0.4 is 5.32 Å². The van der Waals surface area contributed by atoms with Crippen molar-refractivity contribution in [2.75, 3.05) is 0 Å². The van der Waals surface area contributed by atoms with Crippen LogP contribution >= 0.6 is 12.4 Å². The van der Waals surface area contributed by atoms with Gasteiger partial charge >= 0.3 is 0 Å². The van der Waals surface area contributed by atoms with Crippen molar-refractivity contribution >= 4 is 12.4 Å². The lowest BCUT2D eigenvalue weighted by molar-refractivity contribution is 0.258. The third kappa shape index (κ3) is 2.85. The lowest BCUT2D eigenvalue weighted by Gasteiger charge is -2.32. The van der Waals surface area contributed by atoms with Crippen molar-refractivity contribution in [3.63, 3.8) is 0 Å². The van der Waals surface area contributed by atoms with Crippen LogP contribution in [0.3, 0.4) is 0 Å². The van der Waals surface area contributed by atoms with E-state index in [-0.39, 0.29) is 12.4 Å². The summed E-state index contributed by atoms with van der Waals surface area (Å²) >= 11 is 0. The summed E-state index contributed by atoms with van der Waals surface area (Å²) in [4.78, 5) is 0. The molecule has 1 aliphatic heterocycles. The maximum atomic E-state index is 3.76. The summed E-state index contributed by atoms with van der Waals surface area (Å²) in [5, 5.41) is 3.76. The van der Waals surface area contributed by atoms with Crippen molar-refractivity contribution in [2.45, 2.75) is 64.0 Å². The van der Waals surface area contributed by atoms with Gasteiger partial charge in [0.2, 0.25) is 0 Å². The molecule has 0 spiro atoms. The molecule has 1 saturated carbocycles. The zero-order valence-electron chi connectivity index (χ0n) is 8.59. The predicted molar refractivity (Wildman–Crippen MR) is 59.4 cm³/mol. The van der Waals surface area contributed by atoms with E-state index in [4.69, 9.17) is 0 Å². The summed E-state index contributed by atoms with van der Waals surface area (Å²) in [5.41, 5.74) is 0. The number of halogens is 1. The first-order valence-corrected chi connectivity index (χ1v) is 5.62. The van der Waals surface area contributed by atoms with Gasteiger partial charge in [0.15, 0.2) is 0 Å². The predicted octanol–water partition coefficient (Wildman–Crippen LogP) is 3.13. The molecule has 2 heteroatoms. The van der Waals surface area contributed by atoms with Gasteiger partial charge in [0.25, 0.3) is 0 Å². The Morgan fingerprint density at radius 3 is 2.23 bits per heavy atom. The minimum atomic E-state index is 0. The molecule has 2 fully saturated rings. The van der Waals surface area contributed by atoms with Gasteiger partial charge in [-0.3, -0.25) is 0 Å². The molecule has 0 bridgehead atoms. The van der Waals surface area contributed by atoms with E-state index in [9.17, 15) is 0 Å². The zero-order chi connectivity index (χ0) is 8.39. The van der Waals surface area contributed by atoms with Crippen LogP contribution in [0.15, 0.2) is 0 Å². The standard InChI is InChI=1S/C11H21N.ClH/c1-9-5-4-8-11(12-9)10-6-2-3-7-10;/h9-12H,2-8H2,1H3;1H/t9-,11+;/m0./s1. The molecule has 0 aromatic heterocycles. The van der Waals surface area contributed by atoms with Crippen LogP contribution in [0, 0.1) is 5.92 Å². The smallest absolute Gasteiger partial charge is 0.00978 e. The van der Waals surface area contributed by atoms with Crippen LogP contribution in [-0.4, -0.2) is 12.1 Å². The largest absolute Gasteiger partial charge is 0.311 e. The highest BCUT2D eigenvalue weighted by molar-refractivity contribution is 5.85. The third-order valence-electron chi connectivity index (χ3n) is 3.62. The monoisotopic (exact) mass is 203 g/mol. The number of piperidine rings is 1. The Morgan fingerprint density at radius 1 is 0.923 bits per heavy atom. The summed E-state index contributed by atoms with van der Waals surface area (Å²) in [6, 6.07) is 1.65. The van der Waals surface area contributed by atoms with Crippen LogP contribution in [0.1, 0.15) is 51.9 Å². The minimum absolute atomic E-state index is 0. The third-order valence-corrected chi connectivity index (χ3v) is 3.62. The van der Waals surface area contributed by atoms with Crippen molar-refractivity contribution < 1.29 is 0 Å². The van der Waals surface area contributed by atoms with Crippen molar-refractivity contribution in [3.05, 3.63) is 0 Å². The van der Waals surface area contributed by atoms with E-state index in [1.54, 1.807) is 0 Å². The molecule has 2 aliphatic rings. The van der Waals surface area contributed by atoms with Gasteiger partial charge in [-0.25, -0.2) is 0 Å². The van der Waals surface area contributed by atoms with Gasteiger partial charge in [0, 0.05) is 12.1 Å².